The van der Waals surface area contributed by atoms with Gasteiger partial charge in [0.2, 0.25) is 29.8 Å². The van der Waals surface area contributed by atoms with E-state index in [4.69, 9.17) is 28.4 Å². The number of rotatable bonds is 23. The smallest absolute Gasteiger partial charge is 0.405 e. The molecule has 0 fully saturated rings. The molecule has 9 heterocycles. The van der Waals surface area contributed by atoms with Gasteiger partial charge in [-0.3, -0.25) is 19.2 Å². The number of hydrogen-bond donors (Lipinski definition) is 9. The van der Waals surface area contributed by atoms with Crippen molar-refractivity contribution in [1.82, 2.24) is 79.7 Å². The quantitative estimate of drug-likeness (QED) is 0.0287. The predicted molar refractivity (Wildman–Crippen MR) is 472 cm³/mol. The van der Waals surface area contributed by atoms with E-state index in [0.717, 1.165) is 57.0 Å². The molecule has 2 aliphatic rings. The molecule has 8 aromatic heterocycles. The molecule has 125 heavy (non-hydrogen) atoms. The summed E-state index contributed by atoms with van der Waals surface area (Å²) < 4.78 is 97.6. The molecular weight excluding hydrogens is 1640 g/mol. The van der Waals surface area contributed by atoms with Gasteiger partial charge in [0.1, 0.15) is 56.9 Å². The van der Waals surface area contributed by atoms with E-state index in [9.17, 15) is 40.8 Å². The molecule has 0 saturated heterocycles. The van der Waals surface area contributed by atoms with Gasteiger partial charge in [0.15, 0.2) is 22.6 Å². The molecule has 1 aliphatic heterocycles. The van der Waals surface area contributed by atoms with Gasteiger partial charge in [0.25, 0.3) is 23.6 Å². The average molecular weight is 1730 g/mol. The molecule has 0 radical (unpaired) electrons. The van der Waals surface area contributed by atoms with Crippen LogP contribution in [-0.4, -0.2) is 195 Å². The first kappa shape index (κ1) is 90.6. The third-order valence-corrected chi connectivity index (χ3v) is 19.0. The Morgan fingerprint density at radius 1 is 0.440 bits per heavy atom. The molecule has 9 N–H and O–H groups in total. The predicted octanol–water partition coefficient (Wildman–Crippen LogP) is 12.9. The fraction of sp³-hybridized carbons (Fsp3) is 0.256. The maximum absolute atomic E-state index is 12.3. The number of carbonyl (C=O) groups excluding carboxylic acids is 4. The summed E-state index contributed by atoms with van der Waals surface area (Å²) in [7, 11) is 7.69. The van der Waals surface area contributed by atoms with Gasteiger partial charge in [-0.1, -0.05) is 42.0 Å². The minimum Gasteiger partial charge on any atom is -0.497 e. The Labute approximate surface area is 716 Å². The number of allylic oxidation sites excluding steroid dienone is 2. The number of carbonyl (C=O) groups is 4. The molecule has 39 heteroatoms. The second-order valence-corrected chi connectivity index (χ2v) is 31.5. The molecule has 0 saturated carbocycles. The lowest BCUT2D eigenvalue weighted by atomic mass is 10.0. The minimum absolute atomic E-state index is 0.0155. The van der Waals surface area contributed by atoms with Crippen LogP contribution in [0.25, 0.3) is 22.6 Å². The van der Waals surface area contributed by atoms with E-state index in [1.165, 1.54) is 38.0 Å². The number of sulfone groups is 1. The number of benzene rings is 5. The summed E-state index contributed by atoms with van der Waals surface area (Å²) in [5.41, 5.74) is 13.7. The van der Waals surface area contributed by atoms with Crippen LogP contribution in [0.2, 0.25) is 0 Å². The molecule has 0 bridgehead atoms. The van der Waals surface area contributed by atoms with Gasteiger partial charge in [-0.05, 0) is 193 Å². The van der Waals surface area contributed by atoms with E-state index in [2.05, 4.69) is 106 Å². The van der Waals surface area contributed by atoms with Crippen LogP contribution in [0.5, 0.6) is 34.5 Å². The molecule has 652 valence electrons. The van der Waals surface area contributed by atoms with Crippen LogP contribution in [0.1, 0.15) is 91.4 Å². The lowest BCUT2D eigenvalue weighted by Crippen LogP contribution is -2.40. The summed E-state index contributed by atoms with van der Waals surface area (Å²) in [4.78, 5) is 74.7. The summed E-state index contributed by atoms with van der Waals surface area (Å²) in [5.74, 6) is 3.78. The van der Waals surface area contributed by atoms with Gasteiger partial charge < -0.3 is 76.3 Å². The van der Waals surface area contributed by atoms with Crippen LogP contribution in [0, 0.1) is 27.7 Å². The first-order valence-electron chi connectivity index (χ1n) is 38.5. The molecule has 5 aromatic carbocycles. The topological polar surface area (TPSA) is 412 Å². The summed E-state index contributed by atoms with van der Waals surface area (Å²) in [6.45, 7) is 14.4. The van der Waals surface area contributed by atoms with Crippen molar-refractivity contribution in [3.8, 4) is 34.5 Å². The van der Waals surface area contributed by atoms with Crippen LogP contribution in [-0.2, 0) is 9.84 Å². The average Bonchev–Trinajstić information content (AvgIpc) is 1.66. The summed E-state index contributed by atoms with van der Waals surface area (Å²) in [6, 6.07) is 40.4. The highest BCUT2D eigenvalue weighted by Gasteiger charge is 2.29. The van der Waals surface area contributed by atoms with Gasteiger partial charge in [-0.25, -0.2) is 36.5 Å². The number of aryl methyl sites for hydroxylation is 4. The SMILES string of the molecule is CNC(=O)c1ccc(Nc2nc3ccc(C)cn3n2)c(OC)c1.COc1cc(C(=O)NC(C)(C)C)ccc1Nc1nc2ccc(C)cn2n1.COc1cc(C(=O)NCC(F)(F)F)ccc1Nc1nc2ccc(C)cn2n1.COc1cc(C(=O)NCCS(C)(=O)=O)ccc1Nc1nc2ccc(C)cn2n1.COc1ccc(NC2=NC3C=C(C)C=CC3=N2)c(OC)c1. The number of anilines is 9. The molecule has 1 atom stereocenters. The number of guanidine groups is 1. The summed E-state index contributed by atoms with van der Waals surface area (Å²) >= 11 is 0. The summed E-state index contributed by atoms with van der Waals surface area (Å²) in [5, 5.41) is 42.9. The highest BCUT2D eigenvalue weighted by atomic mass is 32.2. The Hall–Kier alpha value is -15.2. The zero-order chi connectivity index (χ0) is 90.0. The maximum Gasteiger partial charge on any atom is 0.405 e. The van der Waals surface area contributed by atoms with Crippen LogP contribution in [0.15, 0.2) is 198 Å². The number of ether oxygens (including phenoxy) is 6. The van der Waals surface area contributed by atoms with Gasteiger partial charge >= 0.3 is 6.18 Å². The molecule has 0 spiro atoms. The minimum atomic E-state index is -4.48. The largest absolute Gasteiger partial charge is 0.497 e. The van der Waals surface area contributed by atoms with Crippen molar-refractivity contribution in [2.45, 2.75) is 73.1 Å². The number of amides is 4. The number of alkyl halides is 3. The fourth-order valence-electron chi connectivity index (χ4n) is 11.9. The van der Waals surface area contributed by atoms with Gasteiger partial charge in [0, 0.05) is 78.5 Å². The number of methoxy groups -OCH3 is 6. The van der Waals surface area contributed by atoms with E-state index in [0.29, 0.717) is 103 Å². The van der Waals surface area contributed by atoms with Crippen molar-refractivity contribution in [2.24, 2.45) is 9.98 Å². The van der Waals surface area contributed by atoms with Gasteiger partial charge in [-0.2, -0.15) is 33.1 Å². The standard InChI is InChI=1S/C19H23N5O2.C18H21N5O4S.C17H16F3N5O2.C16H17N5O2.C16H17N3O2/c1-12-6-9-16-21-18(23-24(16)11-12)20-14-8-7-13(10-15(14)26-5)17(25)22-19(2,3)4;1-12-4-7-16-21-18(22-23(16)11-12)20-14-6-5-13(10-15(14)27-2)17(24)19-8-9-28(3,25)26;1-10-3-6-14-23-16(24-25(14)8-10)22-12-5-4-11(7-13(12)27-2)15(26)21-9-17(18,19)20;1-10-4-7-14-19-16(20-21(14)9-10)18-12-6-5-11(15(22)17-2)8-13(12)23-3;1-10-4-6-12-14(8-10)19-16(17-12)18-13-7-5-11(20-2)9-15(13)21-3/h6-11H,1-5H3,(H,20,23)(H,22,25);4-7,10-11H,8-9H2,1-3H3,(H,19,24)(H,20,22);3-8H,9H2,1-2H3,(H,21,26)(H,22,24);4-9H,1-3H3,(H,17,22)(H,18,20);4-9,14H,1-3H3,(H,18,19). The first-order chi connectivity index (χ1) is 59.5. The van der Waals surface area contributed by atoms with E-state index in [1.54, 1.807) is 108 Å². The Balaban J connectivity index is 0.000000152. The zero-order valence-electron chi connectivity index (χ0n) is 71.2. The number of hydrogen-bond acceptors (Lipinski definition) is 27. The van der Waals surface area contributed by atoms with E-state index in [1.807, 2.05) is 157 Å². The van der Waals surface area contributed by atoms with E-state index < -0.39 is 28.5 Å². The zero-order valence-corrected chi connectivity index (χ0v) is 72.0. The Bertz CT molecular complexity index is 6390. The monoisotopic (exact) mass is 1730 g/mol. The highest BCUT2D eigenvalue weighted by molar-refractivity contribution is 7.90. The third-order valence-electron chi connectivity index (χ3n) is 18.1. The number of nitrogens with zero attached hydrogens (tertiary/aromatic N) is 14. The van der Waals surface area contributed by atoms with Crippen molar-refractivity contribution in [2.75, 3.05) is 101 Å². The number of halogens is 3. The summed E-state index contributed by atoms with van der Waals surface area (Å²) in [6.07, 6.45) is 10.3. The van der Waals surface area contributed by atoms with E-state index in [-0.39, 0.29) is 52.9 Å². The maximum atomic E-state index is 12.3. The second-order valence-electron chi connectivity index (χ2n) is 29.3. The third kappa shape index (κ3) is 25.0. The normalized spacial score (nSPS) is 12.6. The second kappa shape index (κ2) is 40.0. The Morgan fingerprint density at radius 2 is 0.792 bits per heavy atom. The van der Waals surface area contributed by atoms with Crippen molar-refractivity contribution in [3.63, 3.8) is 0 Å². The lowest BCUT2D eigenvalue weighted by molar-refractivity contribution is -0.123. The van der Waals surface area contributed by atoms with Crippen LogP contribution < -0.4 is 76.3 Å². The molecule has 4 amide bonds. The lowest BCUT2D eigenvalue weighted by Gasteiger charge is -2.21. The number of nitrogens with one attached hydrogen (secondary N) is 9. The molecule has 35 nitrogen and oxygen atoms in total. The highest BCUT2D eigenvalue weighted by Crippen LogP contribution is 2.35. The molecule has 15 rings (SSSR count). The number of pyridine rings is 4. The van der Waals surface area contributed by atoms with Crippen LogP contribution in [0.4, 0.5) is 65.4 Å². The first-order valence-corrected chi connectivity index (χ1v) is 40.6. The number of fused-ring (bicyclic) bond motifs is 5. The number of aliphatic imine (C=N–C) groups is 2. The number of aromatic nitrogens is 12. The van der Waals surface area contributed by atoms with Crippen molar-refractivity contribution in [1.29, 1.82) is 0 Å². The van der Waals surface area contributed by atoms with Crippen molar-refractivity contribution >= 4 is 120 Å². The van der Waals surface area contributed by atoms with E-state index >= 15 is 0 Å². The van der Waals surface area contributed by atoms with Crippen molar-refractivity contribution < 1.29 is 69.2 Å². The Kier molecular flexibility index (Phi) is 29.0. The fourth-order valence-corrected chi connectivity index (χ4v) is 12.4. The van der Waals surface area contributed by atoms with Crippen LogP contribution >= 0.6 is 0 Å². The molecule has 13 aromatic rings. The van der Waals surface area contributed by atoms with Crippen LogP contribution in [0.3, 0.4) is 0 Å². The van der Waals surface area contributed by atoms with Gasteiger partial charge in [-0.15, -0.1) is 20.4 Å². The molecular formula is C86H94F3N23O12S. The van der Waals surface area contributed by atoms with Crippen molar-refractivity contribution in [3.05, 3.63) is 233 Å². The molecule has 1 unspecified atom stereocenters. The Morgan fingerprint density at radius 3 is 1.14 bits per heavy atom. The molecule has 1 aliphatic carbocycles. The van der Waals surface area contributed by atoms with Gasteiger partial charge in [0.05, 0.1) is 82.6 Å².